The smallest absolute Gasteiger partial charge is 0.130 e. The van der Waals surface area contributed by atoms with Gasteiger partial charge in [0, 0.05) is 44.6 Å². The third-order valence-electron chi connectivity index (χ3n) is 5.22. The summed E-state index contributed by atoms with van der Waals surface area (Å²) < 4.78 is 19.0. The van der Waals surface area contributed by atoms with Crippen LogP contribution in [0.15, 0.2) is 72.9 Å². The van der Waals surface area contributed by atoms with Crippen molar-refractivity contribution in [3.63, 3.8) is 0 Å². The van der Waals surface area contributed by atoms with Crippen LogP contribution in [0, 0.1) is 5.82 Å². The molecule has 1 saturated heterocycles. The standard InChI is InChI=1S/C24H26FN3O/c25-21-7-9-23(10-8-21)28-15-3-14-27(16-17-28)18-20-5-11-24(12-6-20)29-19-22-4-1-2-13-26-22/h1-2,4-13H,3,14-19H2. The lowest BCUT2D eigenvalue weighted by molar-refractivity contribution is 0.284. The number of anilines is 1. The van der Waals surface area contributed by atoms with Crippen LogP contribution < -0.4 is 9.64 Å². The first-order valence-electron chi connectivity index (χ1n) is 10.1. The van der Waals surface area contributed by atoms with Crippen molar-refractivity contribution < 1.29 is 9.13 Å². The number of nitrogens with zero attached hydrogens (tertiary/aromatic N) is 3. The van der Waals surface area contributed by atoms with Gasteiger partial charge in [-0.15, -0.1) is 0 Å². The molecule has 0 spiro atoms. The summed E-state index contributed by atoms with van der Waals surface area (Å²) in [5, 5.41) is 0. The molecule has 0 atom stereocenters. The Morgan fingerprint density at radius 2 is 1.69 bits per heavy atom. The Kier molecular flexibility index (Phi) is 6.37. The molecule has 0 bridgehead atoms. The molecular formula is C24H26FN3O. The Morgan fingerprint density at radius 1 is 0.862 bits per heavy atom. The summed E-state index contributed by atoms with van der Waals surface area (Å²) in [6.45, 7) is 5.42. The van der Waals surface area contributed by atoms with E-state index in [2.05, 4.69) is 26.9 Å². The van der Waals surface area contributed by atoms with Crippen LogP contribution in [-0.2, 0) is 13.2 Å². The first kappa shape index (κ1) is 19.4. The van der Waals surface area contributed by atoms with Gasteiger partial charge < -0.3 is 9.64 Å². The molecule has 2 aromatic carbocycles. The van der Waals surface area contributed by atoms with Gasteiger partial charge in [-0.05, 0) is 60.5 Å². The predicted octanol–water partition coefficient (Wildman–Crippen LogP) is 4.51. The fourth-order valence-electron chi connectivity index (χ4n) is 3.63. The number of ether oxygens (including phenoxy) is 1. The lowest BCUT2D eigenvalue weighted by atomic mass is 10.2. The monoisotopic (exact) mass is 391 g/mol. The summed E-state index contributed by atoms with van der Waals surface area (Å²) in [6, 6.07) is 21.0. The van der Waals surface area contributed by atoms with Crippen LogP contribution in [0.1, 0.15) is 17.7 Å². The van der Waals surface area contributed by atoms with Crippen LogP contribution in [-0.4, -0.2) is 36.1 Å². The van der Waals surface area contributed by atoms with Gasteiger partial charge in [-0.2, -0.15) is 0 Å². The van der Waals surface area contributed by atoms with Crippen LogP contribution in [0.25, 0.3) is 0 Å². The third kappa shape index (κ3) is 5.55. The summed E-state index contributed by atoms with van der Waals surface area (Å²) in [4.78, 5) is 9.10. The molecule has 0 unspecified atom stereocenters. The molecule has 150 valence electrons. The molecule has 4 rings (SSSR count). The van der Waals surface area contributed by atoms with Crippen molar-refractivity contribution in [2.75, 3.05) is 31.1 Å². The summed E-state index contributed by atoms with van der Waals surface area (Å²) >= 11 is 0. The first-order chi connectivity index (χ1) is 14.3. The quantitative estimate of drug-likeness (QED) is 0.618. The van der Waals surface area contributed by atoms with Crippen molar-refractivity contribution in [3.05, 3.63) is 90.0 Å². The van der Waals surface area contributed by atoms with E-state index in [-0.39, 0.29) is 5.82 Å². The fraction of sp³-hybridized carbons (Fsp3) is 0.292. The van der Waals surface area contributed by atoms with Gasteiger partial charge in [0.2, 0.25) is 0 Å². The highest BCUT2D eigenvalue weighted by Crippen LogP contribution is 2.19. The van der Waals surface area contributed by atoms with E-state index in [1.165, 1.54) is 17.7 Å². The normalized spacial score (nSPS) is 15.1. The summed E-state index contributed by atoms with van der Waals surface area (Å²) in [5.74, 6) is 0.676. The second-order valence-electron chi connectivity index (χ2n) is 7.35. The van der Waals surface area contributed by atoms with Crippen molar-refractivity contribution in [3.8, 4) is 5.75 Å². The highest BCUT2D eigenvalue weighted by atomic mass is 19.1. The van der Waals surface area contributed by atoms with Gasteiger partial charge in [-0.25, -0.2) is 4.39 Å². The number of rotatable bonds is 6. The number of benzene rings is 2. The molecule has 0 aliphatic carbocycles. The van der Waals surface area contributed by atoms with Gasteiger partial charge >= 0.3 is 0 Å². The van der Waals surface area contributed by atoms with Crippen molar-refractivity contribution in [1.82, 2.24) is 9.88 Å². The summed E-state index contributed by atoms with van der Waals surface area (Å²) in [7, 11) is 0. The van der Waals surface area contributed by atoms with Crippen molar-refractivity contribution in [2.45, 2.75) is 19.6 Å². The Balaban J connectivity index is 1.28. The van der Waals surface area contributed by atoms with Crippen LogP contribution >= 0.6 is 0 Å². The van der Waals surface area contributed by atoms with Gasteiger partial charge in [-0.1, -0.05) is 18.2 Å². The largest absolute Gasteiger partial charge is 0.487 e. The van der Waals surface area contributed by atoms with Crippen molar-refractivity contribution in [2.24, 2.45) is 0 Å². The summed E-state index contributed by atoms with van der Waals surface area (Å²) in [6.07, 6.45) is 2.88. The Labute approximate surface area is 171 Å². The maximum atomic E-state index is 13.2. The lowest BCUT2D eigenvalue weighted by Gasteiger charge is -2.23. The van der Waals surface area contributed by atoms with E-state index in [4.69, 9.17) is 4.74 Å². The molecule has 5 heteroatoms. The Morgan fingerprint density at radius 3 is 2.45 bits per heavy atom. The van der Waals surface area contributed by atoms with Crippen molar-refractivity contribution >= 4 is 5.69 Å². The lowest BCUT2D eigenvalue weighted by Crippen LogP contribution is -2.30. The predicted molar refractivity (Wildman–Crippen MR) is 114 cm³/mol. The molecule has 1 fully saturated rings. The minimum atomic E-state index is -0.183. The van der Waals surface area contributed by atoms with E-state index in [1.54, 1.807) is 6.20 Å². The molecule has 0 N–H and O–H groups in total. The molecule has 1 aromatic heterocycles. The molecule has 4 nitrogen and oxygen atoms in total. The molecule has 2 heterocycles. The average molecular weight is 391 g/mol. The summed E-state index contributed by atoms with van der Waals surface area (Å²) in [5.41, 5.74) is 3.31. The topological polar surface area (TPSA) is 28.6 Å². The number of aromatic nitrogens is 1. The van der Waals surface area contributed by atoms with Gasteiger partial charge in [0.1, 0.15) is 18.2 Å². The highest BCUT2D eigenvalue weighted by Gasteiger charge is 2.15. The number of hydrogen-bond donors (Lipinski definition) is 0. The molecule has 3 aromatic rings. The average Bonchev–Trinajstić information content (AvgIpc) is 3.00. The van der Waals surface area contributed by atoms with Gasteiger partial charge in [0.05, 0.1) is 5.69 Å². The number of halogens is 1. The van der Waals surface area contributed by atoms with Crippen LogP contribution in [0.5, 0.6) is 5.75 Å². The Bertz CT molecular complexity index is 884. The molecular weight excluding hydrogens is 365 g/mol. The fourth-order valence-corrected chi connectivity index (χ4v) is 3.63. The van der Waals surface area contributed by atoms with Gasteiger partial charge in [0.15, 0.2) is 0 Å². The van der Waals surface area contributed by atoms with E-state index in [0.717, 1.165) is 56.3 Å². The maximum absolute atomic E-state index is 13.2. The number of hydrogen-bond acceptors (Lipinski definition) is 4. The molecule has 0 amide bonds. The molecule has 1 aliphatic heterocycles. The zero-order valence-corrected chi connectivity index (χ0v) is 16.5. The SMILES string of the molecule is Fc1ccc(N2CCCN(Cc3ccc(OCc4ccccn4)cc3)CC2)cc1. The minimum Gasteiger partial charge on any atom is -0.487 e. The van der Waals surface area contributed by atoms with Crippen LogP contribution in [0.2, 0.25) is 0 Å². The molecule has 0 radical (unpaired) electrons. The van der Waals surface area contributed by atoms with E-state index < -0.39 is 0 Å². The highest BCUT2D eigenvalue weighted by molar-refractivity contribution is 5.46. The van der Waals surface area contributed by atoms with E-state index in [9.17, 15) is 4.39 Å². The maximum Gasteiger partial charge on any atom is 0.130 e. The van der Waals surface area contributed by atoms with Crippen LogP contribution in [0.4, 0.5) is 10.1 Å². The first-order valence-corrected chi connectivity index (χ1v) is 10.1. The van der Waals surface area contributed by atoms with Gasteiger partial charge in [0.25, 0.3) is 0 Å². The second kappa shape index (κ2) is 9.52. The van der Waals surface area contributed by atoms with E-state index in [0.29, 0.717) is 6.61 Å². The zero-order valence-electron chi connectivity index (χ0n) is 16.5. The third-order valence-corrected chi connectivity index (χ3v) is 5.22. The Hall–Kier alpha value is -2.92. The van der Waals surface area contributed by atoms with Crippen molar-refractivity contribution in [1.29, 1.82) is 0 Å². The minimum absolute atomic E-state index is 0.183. The molecule has 29 heavy (non-hydrogen) atoms. The second-order valence-corrected chi connectivity index (χ2v) is 7.35. The zero-order chi connectivity index (χ0) is 19.9. The molecule has 0 saturated carbocycles. The van der Waals surface area contributed by atoms with E-state index in [1.807, 2.05) is 42.5 Å². The number of pyridine rings is 1. The van der Waals surface area contributed by atoms with Gasteiger partial charge in [-0.3, -0.25) is 9.88 Å². The molecule has 1 aliphatic rings. The van der Waals surface area contributed by atoms with Crippen LogP contribution in [0.3, 0.4) is 0 Å². The van der Waals surface area contributed by atoms with E-state index >= 15 is 0 Å².